The van der Waals surface area contributed by atoms with Crippen LogP contribution in [-0.2, 0) is 15.9 Å². The number of carbonyl (C=O) groups excluding carboxylic acids is 1. The lowest BCUT2D eigenvalue weighted by molar-refractivity contribution is 0.0296. The molecule has 3 heterocycles. The van der Waals surface area contributed by atoms with Gasteiger partial charge in [0.05, 0.1) is 31.4 Å². The summed E-state index contributed by atoms with van der Waals surface area (Å²) >= 11 is 1.21. The fraction of sp³-hybridized carbons (Fsp3) is 0.462. The molecular weight excluding hydrogens is 499 g/mol. The third-order valence-corrected chi connectivity index (χ3v) is 6.85. The lowest BCUT2D eigenvalue weighted by Crippen LogP contribution is -2.48. The van der Waals surface area contributed by atoms with Gasteiger partial charge in [-0.3, -0.25) is 9.59 Å². The predicted octanol–water partition coefficient (Wildman–Crippen LogP) is 3.51. The predicted molar refractivity (Wildman–Crippen MR) is 138 cm³/mol. The van der Waals surface area contributed by atoms with Crippen LogP contribution in [0, 0.1) is 11.2 Å². The smallest absolute Gasteiger partial charge is 0.274 e. The van der Waals surface area contributed by atoms with E-state index in [9.17, 15) is 19.1 Å². The number of rotatable bonds is 9. The summed E-state index contributed by atoms with van der Waals surface area (Å²) in [4.78, 5) is 28.2. The number of aromatic hydroxyl groups is 1. The number of hydrogen-bond donors (Lipinski definition) is 1. The largest absolute Gasteiger partial charge is 0.503 e. The number of nitrogens with zero attached hydrogens (tertiary/aromatic N) is 4. The molecule has 1 amide bonds. The lowest BCUT2D eigenvalue weighted by Gasteiger charge is -2.39. The normalized spacial score (nSPS) is 15.8. The molecule has 0 saturated carbocycles. The van der Waals surface area contributed by atoms with E-state index in [-0.39, 0.29) is 35.1 Å². The summed E-state index contributed by atoms with van der Waals surface area (Å²) in [7, 11) is 1.59. The first-order valence-corrected chi connectivity index (χ1v) is 12.8. The van der Waals surface area contributed by atoms with Gasteiger partial charge in [0.25, 0.3) is 5.91 Å². The number of amides is 1. The zero-order valence-corrected chi connectivity index (χ0v) is 22.2. The first-order chi connectivity index (χ1) is 17.6. The molecule has 1 aliphatic rings. The molecule has 3 aromatic rings. The SMILES string of the molecule is COCCOC[C@H]1CN(CC(C)(C)C)C(=O)c2c(O)c(=O)c(-c3nnc(Cc4ccc(F)cc4)s3)cn21. The number of benzene rings is 1. The quantitative estimate of drug-likeness (QED) is 0.422. The second-order valence-electron chi connectivity index (χ2n) is 10.2. The van der Waals surface area contributed by atoms with E-state index in [2.05, 4.69) is 10.2 Å². The van der Waals surface area contributed by atoms with E-state index in [0.29, 0.717) is 42.7 Å². The fourth-order valence-corrected chi connectivity index (χ4v) is 5.14. The minimum absolute atomic E-state index is 0.0550. The Morgan fingerprint density at radius 3 is 2.57 bits per heavy atom. The van der Waals surface area contributed by atoms with Gasteiger partial charge in [0.2, 0.25) is 5.43 Å². The molecule has 37 heavy (non-hydrogen) atoms. The standard InChI is InChI=1S/C26H31FN4O5S/c1-26(2,3)15-30-12-18(14-36-10-9-35-4)31-13-19(22(32)23(33)21(31)25(30)34)24-29-28-20(37-24)11-16-5-7-17(27)8-6-16/h5-8,13,18,33H,9-12,14-15H2,1-4H3/t18-/m1/s1. The number of aromatic nitrogens is 3. The Balaban J connectivity index is 1.69. The molecule has 0 saturated heterocycles. The maximum Gasteiger partial charge on any atom is 0.274 e. The van der Waals surface area contributed by atoms with Crippen LogP contribution < -0.4 is 5.43 Å². The summed E-state index contributed by atoms with van der Waals surface area (Å²) in [5.74, 6) is -1.34. The van der Waals surface area contributed by atoms with Crippen LogP contribution in [0.5, 0.6) is 5.75 Å². The second kappa shape index (κ2) is 11.1. The number of carbonyl (C=O) groups is 1. The van der Waals surface area contributed by atoms with E-state index in [1.165, 1.54) is 23.5 Å². The molecule has 0 fully saturated rings. The summed E-state index contributed by atoms with van der Waals surface area (Å²) in [5, 5.41) is 20.3. The first-order valence-electron chi connectivity index (χ1n) is 12.0. The van der Waals surface area contributed by atoms with Gasteiger partial charge in [0.15, 0.2) is 16.5 Å². The maximum atomic E-state index is 13.4. The molecule has 1 atom stereocenters. The molecule has 4 rings (SSSR count). The number of fused-ring (bicyclic) bond motifs is 1. The van der Waals surface area contributed by atoms with Gasteiger partial charge in [-0.1, -0.05) is 44.2 Å². The van der Waals surface area contributed by atoms with Crippen molar-refractivity contribution in [2.75, 3.05) is 40.0 Å². The average Bonchev–Trinajstić information content (AvgIpc) is 3.30. The lowest BCUT2D eigenvalue weighted by atomic mass is 9.94. The summed E-state index contributed by atoms with van der Waals surface area (Å²) in [5.41, 5.74) is 0.0965. The minimum atomic E-state index is -0.680. The highest BCUT2D eigenvalue weighted by molar-refractivity contribution is 7.14. The van der Waals surface area contributed by atoms with Gasteiger partial charge in [-0.15, -0.1) is 10.2 Å². The van der Waals surface area contributed by atoms with Crippen LogP contribution >= 0.6 is 11.3 Å². The number of hydrogen-bond acceptors (Lipinski definition) is 8. The third kappa shape index (κ3) is 6.23. The van der Waals surface area contributed by atoms with Crippen LogP contribution in [0.3, 0.4) is 0 Å². The molecule has 9 nitrogen and oxygen atoms in total. The number of ether oxygens (including phenoxy) is 2. The van der Waals surface area contributed by atoms with Gasteiger partial charge in [-0.25, -0.2) is 4.39 Å². The molecule has 198 valence electrons. The molecule has 11 heteroatoms. The Labute approximate surface area is 218 Å². The number of methoxy groups -OCH3 is 1. The molecule has 0 radical (unpaired) electrons. The van der Waals surface area contributed by atoms with Crippen molar-refractivity contribution in [2.45, 2.75) is 33.2 Å². The molecule has 1 aliphatic heterocycles. The Morgan fingerprint density at radius 1 is 1.16 bits per heavy atom. The molecule has 2 aromatic heterocycles. The molecule has 1 aromatic carbocycles. The average molecular weight is 531 g/mol. The van der Waals surface area contributed by atoms with E-state index < -0.39 is 17.1 Å². The molecule has 1 N–H and O–H groups in total. The van der Waals surface area contributed by atoms with Crippen molar-refractivity contribution in [1.82, 2.24) is 19.7 Å². The maximum absolute atomic E-state index is 13.4. The highest BCUT2D eigenvalue weighted by atomic mass is 32.1. The second-order valence-corrected chi connectivity index (χ2v) is 11.3. The van der Waals surface area contributed by atoms with Crippen molar-refractivity contribution in [1.29, 1.82) is 0 Å². The Hall–Kier alpha value is -3.15. The van der Waals surface area contributed by atoms with Gasteiger partial charge in [-0.05, 0) is 23.1 Å². The van der Waals surface area contributed by atoms with Crippen molar-refractivity contribution in [3.63, 3.8) is 0 Å². The topological polar surface area (TPSA) is 107 Å². The van der Waals surface area contributed by atoms with E-state index in [1.54, 1.807) is 34.9 Å². The van der Waals surface area contributed by atoms with Crippen molar-refractivity contribution in [2.24, 2.45) is 5.41 Å². The van der Waals surface area contributed by atoms with Crippen LogP contribution in [0.15, 0.2) is 35.3 Å². The highest BCUT2D eigenvalue weighted by Crippen LogP contribution is 2.32. The van der Waals surface area contributed by atoms with Crippen molar-refractivity contribution in [3.05, 3.63) is 62.8 Å². The van der Waals surface area contributed by atoms with Crippen LogP contribution in [0.2, 0.25) is 0 Å². The minimum Gasteiger partial charge on any atom is -0.503 e. The van der Waals surface area contributed by atoms with Crippen molar-refractivity contribution >= 4 is 17.2 Å². The Bertz CT molecular complexity index is 1320. The van der Waals surface area contributed by atoms with Gasteiger partial charge in [0.1, 0.15) is 10.8 Å². The number of pyridine rings is 1. The van der Waals surface area contributed by atoms with Gasteiger partial charge >= 0.3 is 0 Å². The van der Waals surface area contributed by atoms with Crippen LogP contribution in [0.25, 0.3) is 10.6 Å². The van der Waals surface area contributed by atoms with E-state index >= 15 is 0 Å². The Kier molecular flexibility index (Phi) is 8.05. The summed E-state index contributed by atoms with van der Waals surface area (Å²) < 4.78 is 25.7. The van der Waals surface area contributed by atoms with Crippen molar-refractivity contribution in [3.8, 4) is 16.3 Å². The molecule has 0 spiro atoms. The summed E-state index contributed by atoms with van der Waals surface area (Å²) in [6, 6.07) is 5.75. The zero-order valence-electron chi connectivity index (χ0n) is 21.4. The van der Waals surface area contributed by atoms with Gasteiger partial charge < -0.3 is 24.0 Å². The molecular formula is C26H31FN4O5S. The summed E-state index contributed by atoms with van der Waals surface area (Å²) in [6.07, 6.45) is 1.99. The number of halogens is 1. The van der Waals surface area contributed by atoms with Gasteiger partial charge in [-0.2, -0.15) is 0 Å². The van der Waals surface area contributed by atoms with Crippen LogP contribution in [0.1, 0.15) is 47.9 Å². The van der Waals surface area contributed by atoms with Crippen LogP contribution in [0.4, 0.5) is 4.39 Å². The Morgan fingerprint density at radius 2 is 1.89 bits per heavy atom. The highest BCUT2D eigenvalue weighted by Gasteiger charge is 2.36. The third-order valence-electron chi connectivity index (χ3n) is 5.90. The monoisotopic (exact) mass is 530 g/mol. The van der Waals surface area contributed by atoms with Crippen molar-refractivity contribution < 1.29 is 23.8 Å². The van der Waals surface area contributed by atoms with Gasteiger partial charge in [0, 0.05) is 32.8 Å². The van der Waals surface area contributed by atoms with E-state index in [4.69, 9.17) is 9.47 Å². The van der Waals surface area contributed by atoms with E-state index in [0.717, 1.165) is 5.56 Å². The molecule has 0 aliphatic carbocycles. The molecule has 0 unspecified atom stereocenters. The fourth-order valence-electron chi connectivity index (χ4n) is 4.26. The van der Waals surface area contributed by atoms with Crippen LogP contribution in [-0.4, -0.2) is 70.7 Å². The first kappa shape index (κ1) is 26.9. The molecule has 0 bridgehead atoms. The summed E-state index contributed by atoms with van der Waals surface area (Å²) in [6.45, 7) is 7.95. The zero-order chi connectivity index (χ0) is 26.7. The van der Waals surface area contributed by atoms with E-state index in [1.807, 2.05) is 20.8 Å².